The summed E-state index contributed by atoms with van der Waals surface area (Å²) in [5.41, 5.74) is 0.641. The molecule has 10 nitrogen and oxygen atoms in total. The van der Waals surface area contributed by atoms with E-state index in [0.717, 1.165) is 0 Å². The summed E-state index contributed by atoms with van der Waals surface area (Å²) in [6, 6.07) is 18.2. The molecule has 1 aliphatic heterocycles. The van der Waals surface area contributed by atoms with E-state index in [4.69, 9.17) is 0 Å². The van der Waals surface area contributed by atoms with Gasteiger partial charge in [-0.3, -0.25) is 14.4 Å². The van der Waals surface area contributed by atoms with Gasteiger partial charge < -0.3 is 31.5 Å². The van der Waals surface area contributed by atoms with Gasteiger partial charge in [0.1, 0.15) is 12.1 Å². The molecule has 0 saturated carbocycles. The van der Waals surface area contributed by atoms with Crippen molar-refractivity contribution < 1.29 is 19.2 Å². The van der Waals surface area contributed by atoms with Gasteiger partial charge in [0.2, 0.25) is 17.7 Å². The van der Waals surface area contributed by atoms with Gasteiger partial charge in [0.15, 0.2) is 0 Å². The zero-order valence-corrected chi connectivity index (χ0v) is 23.4. The minimum atomic E-state index is -0.790. The first-order chi connectivity index (χ1) is 18.7. The van der Waals surface area contributed by atoms with E-state index in [9.17, 15) is 19.2 Å². The number of likely N-dealkylation sites (tertiary alicyclic amines) is 1. The van der Waals surface area contributed by atoms with Gasteiger partial charge in [0.05, 0.1) is 12.1 Å². The summed E-state index contributed by atoms with van der Waals surface area (Å²) >= 11 is 0. The van der Waals surface area contributed by atoms with Crippen LogP contribution in [0, 0.1) is 5.92 Å². The third-order valence-electron chi connectivity index (χ3n) is 6.33. The van der Waals surface area contributed by atoms with Gasteiger partial charge in [0, 0.05) is 18.8 Å². The number of anilines is 1. The molecule has 0 unspecified atom stereocenters. The van der Waals surface area contributed by atoms with Crippen LogP contribution in [0.2, 0.25) is 0 Å². The van der Waals surface area contributed by atoms with Crippen molar-refractivity contribution in [2.45, 2.75) is 58.3 Å². The van der Waals surface area contributed by atoms with Crippen molar-refractivity contribution >= 4 is 29.4 Å². The highest BCUT2D eigenvalue weighted by Gasteiger charge is 2.43. The van der Waals surface area contributed by atoms with Crippen LogP contribution >= 0.6 is 0 Å². The molecule has 0 spiro atoms. The Kier molecular flexibility index (Phi) is 12.9. The number of nitrogens with one attached hydrogen (secondary N) is 5. The van der Waals surface area contributed by atoms with Crippen LogP contribution in [-0.2, 0) is 14.4 Å². The number of hydrogen-bond donors (Lipinski definition) is 5. The number of nitrogens with zero attached hydrogens (tertiary/aromatic N) is 1. The molecule has 39 heavy (non-hydrogen) atoms. The van der Waals surface area contributed by atoms with Crippen LogP contribution in [-0.4, -0.2) is 73.0 Å². The smallest absolute Gasteiger partial charge is 0.319 e. The molecular weight excluding hydrogens is 496 g/mol. The average molecular weight is 539 g/mol. The molecule has 2 aromatic carbocycles. The molecule has 2 aromatic rings. The number of likely N-dealkylation sites (N-methyl/N-ethyl adjacent to an activating group) is 2. The second-order valence-electron chi connectivity index (χ2n) is 9.69. The maximum atomic E-state index is 13.5. The van der Waals surface area contributed by atoms with Crippen LogP contribution in [0.5, 0.6) is 0 Å². The Morgan fingerprint density at radius 3 is 2.00 bits per heavy atom. The second-order valence-corrected chi connectivity index (χ2v) is 9.69. The minimum Gasteiger partial charge on any atom is -0.355 e. The molecule has 0 aromatic heterocycles. The van der Waals surface area contributed by atoms with Crippen LogP contribution in [0.15, 0.2) is 66.7 Å². The van der Waals surface area contributed by atoms with E-state index in [1.54, 1.807) is 33.0 Å². The molecule has 1 heterocycles. The van der Waals surface area contributed by atoms with Crippen LogP contribution in [0.3, 0.4) is 0 Å². The summed E-state index contributed by atoms with van der Waals surface area (Å²) in [6.07, 6.45) is 0.283. The highest BCUT2D eigenvalue weighted by Crippen LogP contribution is 2.21. The summed E-state index contributed by atoms with van der Waals surface area (Å²) in [5.74, 6) is -1.11. The van der Waals surface area contributed by atoms with E-state index in [1.807, 2.05) is 68.4 Å². The number of para-hydroxylation sites is 1. The zero-order chi connectivity index (χ0) is 28.8. The highest BCUT2D eigenvalue weighted by atomic mass is 16.2. The minimum absolute atomic E-state index is 0.170. The molecule has 1 saturated heterocycles. The molecule has 1 aliphatic rings. The number of rotatable bonds is 9. The standard InChI is InChI=1S/C23H36N6O4.C6H6/c1-6-25-21(31)18-12-17(27-23(33)26-16-10-8-7-9-11-16)13-29(18)22(32)19(14(2)3)28-20(30)15(4)24-5;1-2-4-6-5-3-1/h7-11,14-15,17-19,24H,6,12-13H2,1-5H3,(H,25,31)(H,28,30)(H2,26,27,33);1-6H/t15-,17-,18-,19-;/m0./s1. The van der Waals surface area contributed by atoms with Crippen LogP contribution in [0.4, 0.5) is 10.5 Å². The lowest BCUT2D eigenvalue weighted by Gasteiger charge is -2.31. The maximum absolute atomic E-state index is 13.5. The summed E-state index contributed by atoms with van der Waals surface area (Å²) in [6.45, 7) is 7.78. The molecule has 4 atom stereocenters. The Morgan fingerprint density at radius 1 is 0.923 bits per heavy atom. The topological polar surface area (TPSA) is 132 Å². The Labute approximate surface area is 231 Å². The van der Waals surface area contributed by atoms with Crippen LogP contribution < -0.4 is 26.6 Å². The predicted octanol–water partition coefficient (Wildman–Crippen LogP) is 2.35. The Hall–Kier alpha value is -3.92. The molecule has 0 aliphatic carbocycles. The normalized spacial score (nSPS) is 17.7. The fourth-order valence-electron chi connectivity index (χ4n) is 4.09. The first-order valence-corrected chi connectivity index (χ1v) is 13.4. The molecular formula is C29H42N6O4. The molecule has 212 valence electrons. The molecule has 1 fully saturated rings. The van der Waals surface area contributed by atoms with E-state index in [0.29, 0.717) is 12.2 Å². The van der Waals surface area contributed by atoms with Crippen molar-refractivity contribution in [3.63, 3.8) is 0 Å². The average Bonchev–Trinajstić information content (AvgIpc) is 3.36. The predicted molar refractivity (Wildman–Crippen MR) is 153 cm³/mol. The molecule has 5 amide bonds. The molecule has 0 bridgehead atoms. The van der Waals surface area contributed by atoms with E-state index in [1.165, 1.54) is 4.90 Å². The van der Waals surface area contributed by atoms with Gasteiger partial charge in [-0.15, -0.1) is 0 Å². The largest absolute Gasteiger partial charge is 0.355 e. The number of hydrogen-bond acceptors (Lipinski definition) is 5. The van der Waals surface area contributed by atoms with E-state index < -0.39 is 30.2 Å². The lowest BCUT2D eigenvalue weighted by Crippen LogP contribution is -2.57. The van der Waals surface area contributed by atoms with Crippen LogP contribution in [0.25, 0.3) is 0 Å². The molecule has 10 heteroatoms. The fraction of sp³-hybridized carbons (Fsp3) is 0.448. The van der Waals surface area contributed by atoms with Crippen molar-refractivity contribution in [1.82, 2.24) is 26.2 Å². The Bertz CT molecular complexity index is 1020. The van der Waals surface area contributed by atoms with E-state index >= 15 is 0 Å². The maximum Gasteiger partial charge on any atom is 0.319 e. The van der Waals surface area contributed by atoms with Gasteiger partial charge in [-0.1, -0.05) is 68.4 Å². The Balaban J connectivity index is 0.000000780. The highest BCUT2D eigenvalue weighted by molar-refractivity contribution is 5.94. The van der Waals surface area contributed by atoms with Gasteiger partial charge >= 0.3 is 6.03 Å². The van der Waals surface area contributed by atoms with Gasteiger partial charge in [-0.2, -0.15) is 0 Å². The summed E-state index contributed by atoms with van der Waals surface area (Å²) < 4.78 is 0. The van der Waals surface area contributed by atoms with Crippen LogP contribution in [0.1, 0.15) is 34.1 Å². The lowest BCUT2D eigenvalue weighted by molar-refractivity contribution is -0.142. The quantitative estimate of drug-likeness (QED) is 0.335. The van der Waals surface area contributed by atoms with Crippen molar-refractivity contribution in [2.75, 3.05) is 25.5 Å². The first-order valence-electron chi connectivity index (χ1n) is 13.4. The van der Waals surface area contributed by atoms with E-state index in [2.05, 4.69) is 26.6 Å². The third kappa shape index (κ3) is 10.0. The summed E-state index contributed by atoms with van der Waals surface area (Å²) in [5, 5.41) is 14.0. The fourth-order valence-corrected chi connectivity index (χ4v) is 4.09. The lowest BCUT2D eigenvalue weighted by atomic mass is 10.0. The van der Waals surface area contributed by atoms with Crippen molar-refractivity contribution in [3.8, 4) is 0 Å². The van der Waals surface area contributed by atoms with Gasteiger partial charge in [-0.25, -0.2) is 4.79 Å². The van der Waals surface area contributed by atoms with Crippen molar-refractivity contribution in [1.29, 1.82) is 0 Å². The summed E-state index contributed by atoms with van der Waals surface area (Å²) in [4.78, 5) is 52.5. The number of carbonyl (C=O) groups is 4. The number of amides is 5. The third-order valence-corrected chi connectivity index (χ3v) is 6.33. The SMILES string of the molecule is CCNC(=O)[C@@H]1C[C@H](NC(=O)Nc2ccccc2)CN1C(=O)[C@@H](NC(=O)[C@H](C)NC)C(C)C.c1ccccc1. The summed E-state index contributed by atoms with van der Waals surface area (Å²) in [7, 11) is 1.67. The van der Waals surface area contributed by atoms with Crippen molar-refractivity contribution in [2.24, 2.45) is 5.92 Å². The second kappa shape index (κ2) is 16.1. The number of urea groups is 1. The number of benzene rings is 2. The molecule has 3 rings (SSSR count). The first kappa shape index (κ1) is 31.3. The van der Waals surface area contributed by atoms with E-state index in [-0.39, 0.29) is 36.6 Å². The van der Waals surface area contributed by atoms with Gasteiger partial charge in [0.25, 0.3) is 0 Å². The molecule has 0 radical (unpaired) electrons. The molecule has 5 N–H and O–H groups in total. The number of carbonyl (C=O) groups excluding carboxylic acids is 4. The zero-order valence-electron chi connectivity index (χ0n) is 23.4. The monoisotopic (exact) mass is 538 g/mol. The van der Waals surface area contributed by atoms with Gasteiger partial charge in [-0.05, 0) is 45.4 Å². The van der Waals surface area contributed by atoms with Crippen molar-refractivity contribution in [3.05, 3.63) is 66.7 Å². The Morgan fingerprint density at radius 2 is 1.49 bits per heavy atom.